The first-order valence-corrected chi connectivity index (χ1v) is 10.0. The number of fused-ring (bicyclic) bond motifs is 1. The molecule has 0 aromatic carbocycles. The highest BCUT2D eigenvalue weighted by Crippen LogP contribution is 2.33. The molecule has 12 heteroatoms. The minimum absolute atomic E-state index is 0.0181. The first-order chi connectivity index (χ1) is 15.2. The van der Waals surface area contributed by atoms with Crippen molar-refractivity contribution in [3.63, 3.8) is 0 Å². The Balaban J connectivity index is 1.43. The van der Waals surface area contributed by atoms with Crippen LogP contribution in [-0.4, -0.2) is 45.6 Å². The first kappa shape index (κ1) is 22.3. The second kappa shape index (κ2) is 8.53. The fourth-order valence-corrected chi connectivity index (χ4v) is 3.43. The molecular weight excluding hydrogens is 456 g/mol. The highest BCUT2D eigenvalue weighted by Gasteiger charge is 2.42. The van der Waals surface area contributed by atoms with Crippen molar-refractivity contribution in [2.75, 3.05) is 11.9 Å². The molecule has 4 rings (SSSR count). The van der Waals surface area contributed by atoms with Gasteiger partial charge in [0, 0.05) is 36.0 Å². The minimum Gasteiger partial charge on any atom is -0.470 e. The average Bonchev–Trinajstić information content (AvgIpc) is 3.54. The van der Waals surface area contributed by atoms with Gasteiger partial charge >= 0.3 is 12.3 Å². The van der Waals surface area contributed by atoms with Gasteiger partial charge < -0.3 is 15.0 Å². The Morgan fingerprint density at radius 3 is 2.75 bits per heavy atom. The first-order valence-electron chi connectivity index (χ1n) is 9.67. The van der Waals surface area contributed by atoms with Gasteiger partial charge in [0.2, 0.25) is 11.8 Å². The summed E-state index contributed by atoms with van der Waals surface area (Å²) in [6.07, 6.45) is 0.490. The smallest absolute Gasteiger partial charge is 0.340 e. The number of nitrogens with zero attached hydrogens (tertiary/aromatic N) is 3. The zero-order chi connectivity index (χ0) is 23.0. The number of rotatable bonds is 8. The normalized spacial score (nSPS) is 15.8. The van der Waals surface area contributed by atoms with Gasteiger partial charge in [-0.05, 0) is 30.5 Å². The molecule has 1 fully saturated rings. The van der Waals surface area contributed by atoms with Gasteiger partial charge in [-0.3, -0.25) is 9.59 Å². The summed E-state index contributed by atoms with van der Waals surface area (Å²) in [4.78, 5) is 34.3. The maximum atomic E-state index is 13.0. The highest BCUT2D eigenvalue weighted by molar-refractivity contribution is 6.31. The lowest BCUT2D eigenvalue weighted by molar-refractivity contribution is -0.148. The lowest BCUT2D eigenvalue weighted by atomic mass is 10.1. The molecule has 170 valence electrons. The summed E-state index contributed by atoms with van der Waals surface area (Å²) >= 11 is 5.99. The molecule has 32 heavy (non-hydrogen) atoms. The number of carbonyl (C=O) groups excluding carboxylic acids is 2. The van der Waals surface area contributed by atoms with Gasteiger partial charge in [-0.1, -0.05) is 11.6 Å². The topological polar surface area (TPSA) is 84.4 Å². The third-order valence-electron chi connectivity index (χ3n) is 5.07. The SMILES string of the molecule is O=C(Nc1nccc2c1CN(Cc1cnc(OCC(F)(F)C(F)F)c(Cl)c1)C2=O)C1CC1. The van der Waals surface area contributed by atoms with E-state index in [1.807, 2.05) is 0 Å². The van der Waals surface area contributed by atoms with Crippen LogP contribution in [0.3, 0.4) is 0 Å². The van der Waals surface area contributed by atoms with E-state index in [0.29, 0.717) is 22.5 Å². The summed E-state index contributed by atoms with van der Waals surface area (Å²) < 4.78 is 55.2. The molecule has 0 radical (unpaired) electrons. The number of anilines is 1. The van der Waals surface area contributed by atoms with E-state index >= 15 is 0 Å². The summed E-state index contributed by atoms with van der Waals surface area (Å²) in [5, 5.41) is 2.61. The number of pyridine rings is 2. The zero-order valence-corrected chi connectivity index (χ0v) is 17.2. The molecule has 0 atom stereocenters. The van der Waals surface area contributed by atoms with Gasteiger partial charge in [-0.2, -0.15) is 8.78 Å². The molecule has 3 heterocycles. The third kappa shape index (κ3) is 4.62. The number of nitrogens with one attached hydrogen (secondary N) is 1. The van der Waals surface area contributed by atoms with Crippen LogP contribution >= 0.6 is 11.6 Å². The summed E-state index contributed by atoms with van der Waals surface area (Å²) in [5.74, 6) is -4.83. The number of carbonyl (C=O) groups is 2. The molecule has 0 saturated heterocycles. The van der Waals surface area contributed by atoms with Gasteiger partial charge in [0.15, 0.2) is 6.61 Å². The van der Waals surface area contributed by atoms with E-state index in [1.54, 1.807) is 6.07 Å². The molecule has 1 aliphatic heterocycles. The third-order valence-corrected chi connectivity index (χ3v) is 5.34. The van der Waals surface area contributed by atoms with Crippen molar-refractivity contribution >= 4 is 29.2 Å². The predicted molar refractivity (Wildman–Crippen MR) is 105 cm³/mol. The fourth-order valence-electron chi connectivity index (χ4n) is 3.19. The second-order valence-electron chi connectivity index (χ2n) is 7.59. The number of alkyl halides is 4. The number of halogens is 5. The maximum Gasteiger partial charge on any atom is 0.340 e. The van der Waals surface area contributed by atoms with Gasteiger partial charge in [0.1, 0.15) is 10.8 Å². The number of hydrogen-bond acceptors (Lipinski definition) is 5. The summed E-state index contributed by atoms with van der Waals surface area (Å²) in [6.45, 7) is -1.29. The van der Waals surface area contributed by atoms with E-state index in [4.69, 9.17) is 11.6 Å². The van der Waals surface area contributed by atoms with Crippen molar-refractivity contribution in [3.05, 3.63) is 46.2 Å². The number of ether oxygens (including phenoxy) is 1. The lowest BCUT2D eigenvalue weighted by Gasteiger charge is -2.18. The van der Waals surface area contributed by atoms with Crippen LogP contribution in [0.2, 0.25) is 5.02 Å². The Labute approximate surface area is 184 Å². The Kier molecular flexibility index (Phi) is 5.93. The Hall–Kier alpha value is -2.95. The molecule has 1 saturated carbocycles. The summed E-state index contributed by atoms with van der Waals surface area (Å²) in [6, 6.07) is 2.92. The molecular formula is C20H17ClF4N4O3. The van der Waals surface area contributed by atoms with Gasteiger partial charge in [0.05, 0.1) is 6.54 Å². The van der Waals surface area contributed by atoms with Crippen molar-refractivity contribution in [2.45, 2.75) is 38.3 Å². The molecule has 1 aliphatic carbocycles. The van der Waals surface area contributed by atoms with Crippen molar-refractivity contribution in [2.24, 2.45) is 5.92 Å². The lowest BCUT2D eigenvalue weighted by Crippen LogP contribution is -2.34. The average molecular weight is 473 g/mol. The Bertz CT molecular complexity index is 1070. The van der Waals surface area contributed by atoms with Gasteiger partial charge in [0.25, 0.3) is 5.91 Å². The summed E-state index contributed by atoms with van der Waals surface area (Å²) in [7, 11) is 0. The van der Waals surface area contributed by atoms with E-state index in [-0.39, 0.29) is 35.8 Å². The van der Waals surface area contributed by atoms with Crippen molar-refractivity contribution in [3.8, 4) is 5.88 Å². The van der Waals surface area contributed by atoms with E-state index in [2.05, 4.69) is 20.0 Å². The van der Waals surface area contributed by atoms with E-state index in [9.17, 15) is 27.2 Å². The number of aromatic nitrogens is 2. The molecule has 0 spiro atoms. The van der Waals surface area contributed by atoms with Crippen molar-refractivity contribution < 1.29 is 31.9 Å². The van der Waals surface area contributed by atoms with Crippen LogP contribution in [0.25, 0.3) is 0 Å². The maximum absolute atomic E-state index is 13.0. The summed E-state index contributed by atoms with van der Waals surface area (Å²) in [5.41, 5.74) is 1.49. The van der Waals surface area contributed by atoms with Crippen LogP contribution in [0, 0.1) is 5.92 Å². The fraction of sp³-hybridized carbons (Fsp3) is 0.400. The molecule has 2 aliphatic rings. The molecule has 2 aromatic rings. The molecule has 2 amide bonds. The number of hydrogen-bond donors (Lipinski definition) is 1. The molecule has 1 N–H and O–H groups in total. The molecule has 0 unspecified atom stereocenters. The minimum atomic E-state index is -4.34. The van der Waals surface area contributed by atoms with E-state index in [1.165, 1.54) is 23.4 Å². The van der Waals surface area contributed by atoms with Crippen LogP contribution in [0.15, 0.2) is 24.5 Å². The van der Waals surface area contributed by atoms with Crippen LogP contribution in [0.1, 0.15) is 34.3 Å². The predicted octanol–water partition coefficient (Wildman–Crippen LogP) is 3.91. The molecule has 2 aromatic heterocycles. The van der Waals surface area contributed by atoms with Crippen LogP contribution in [0.4, 0.5) is 23.4 Å². The largest absolute Gasteiger partial charge is 0.470 e. The van der Waals surface area contributed by atoms with Gasteiger partial charge in [-0.25, -0.2) is 18.7 Å². The molecule has 7 nitrogen and oxygen atoms in total. The molecule has 0 bridgehead atoms. The van der Waals surface area contributed by atoms with E-state index in [0.717, 1.165) is 12.8 Å². The Morgan fingerprint density at radius 2 is 2.09 bits per heavy atom. The highest BCUT2D eigenvalue weighted by atomic mass is 35.5. The van der Waals surface area contributed by atoms with Crippen molar-refractivity contribution in [1.82, 2.24) is 14.9 Å². The number of amides is 2. The Morgan fingerprint density at radius 1 is 1.34 bits per heavy atom. The van der Waals surface area contributed by atoms with E-state index < -0.39 is 24.8 Å². The monoisotopic (exact) mass is 472 g/mol. The van der Waals surface area contributed by atoms with Crippen molar-refractivity contribution in [1.29, 1.82) is 0 Å². The van der Waals surface area contributed by atoms with Crippen LogP contribution in [0.5, 0.6) is 5.88 Å². The van der Waals surface area contributed by atoms with Gasteiger partial charge in [-0.15, -0.1) is 0 Å². The van der Waals surface area contributed by atoms with Crippen LogP contribution in [-0.2, 0) is 17.9 Å². The second-order valence-corrected chi connectivity index (χ2v) is 8.00. The standard InChI is InChI=1S/C20H17ClF4N4O3/c21-14-5-10(6-27-17(14)32-9-20(24,25)19(22)23)7-29-8-13-12(18(29)31)3-4-26-15(13)28-16(30)11-1-2-11/h3-6,11,19H,1-2,7-9H2,(H,26,28,30). The quantitative estimate of drug-likeness (QED) is 0.589. The zero-order valence-electron chi connectivity index (χ0n) is 16.5. The van der Waals surface area contributed by atoms with Crippen LogP contribution < -0.4 is 10.1 Å².